The Morgan fingerprint density at radius 3 is 2.33 bits per heavy atom. The predicted molar refractivity (Wildman–Crippen MR) is 104 cm³/mol. The second-order valence-electron chi connectivity index (χ2n) is 8.24. The molecule has 8 heteroatoms. The number of rotatable bonds is 8. The van der Waals surface area contributed by atoms with Crippen molar-refractivity contribution in [1.29, 1.82) is 0 Å². The molecule has 150 valence electrons. The molecule has 0 spiro atoms. The molecule has 6 nitrogen and oxygen atoms in total. The van der Waals surface area contributed by atoms with Crippen molar-refractivity contribution in [3.63, 3.8) is 0 Å². The first-order valence-electron chi connectivity index (χ1n) is 8.57. The second kappa shape index (κ2) is 8.44. The molecule has 0 aliphatic carbocycles. The smallest absolute Gasteiger partial charge is 0.308 e. The SMILES string of the molecule is [C-]#[N+]C(C)(C)OCC[C@](C)(C[S@](=O)C(C)(C)C)c1cc([N+](=O)[O-])ccc1F. The van der Waals surface area contributed by atoms with Gasteiger partial charge in [0.05, 0.1) is 11.5 Å². The van der Waals surface area contributed by atoms with Crippen LogP contribution in [-0.4, -0.2) is 32.0 Å². The highest BCUT2D eigenvalue weighted by Crippen LogP contribution is 2.35. The van der Waals surface area contributed by atoms with Crippen LogP contribution in [0.2, 0.25) is 0 Å². The maximum Gasteiger partial charge on any atom is 0.331 e. The summed E-state index contributed by atoms with van der Waals surface area (Å²) in [6.45, 7) is 17.7. The number of benzene rings is 1. The van der Waals surface area contributed by atoms with E-state index in [2.05, 4.69) is 4.85 Å². The van der Waals surface area contributed by atoms with E-state index >= 15 is 0 Å². The maximum atomic E-state index is 14.6. The van der Waals surface area contributed by atoms with Crippen LogP contribution in [0.3, 0.4) is 0 Å². The lowest BCUT2D eigenvalue weighted by Gasteiger charge is -2.33. The Kier molecular flexibility index (Phi) is 7.25. The van der Waals surface area contributed by atoms with E-state index in [1.807, 2.05) is 20.8 Å². The lowest BCUT2D eigenvalue weighted by Crippen LogP contribution is -2.38. The average molecular weight is 399 g/mol. The van der Waals surface area contributed by atoms with Gasteiger partial charge in [0.2, 0.25) is 0 Å². The summed E-state index contributed by atoms with van der Waals surface area (Å²) in [4.78, 5) is 13.9. The maximum absolute atomic E-state index is 14.6. The largest absolute Gasteiger partial charge is 0.331 e. The molecule has 0 radical (unpaired) electrons. The molecule has 0 heterocycles. The van der Waals surface area contributed by atoms with Gasteiger partial charge >= 0.3 is 5.72 Å². The minimum atomic E-state index is -1.31. The van der Waals surface area contributed by atoms with Gasteiger partial charge in [-0.3, -0.25) is 19.2 Å². The van der Waals surface area contributed by atoms with Gasteiger partial charge in [-0.2, -0.15) is 0 Å². The van der Waals surface area contributed by atoms with E-state index in [4.69, 9.17) is 11.3 Å². The minimum Gasteiger partial charge on any atom is -0.308 e. The molecule has 1 aromatic rings. The Morgan fingerprint density at radius 1 is 1.26 bits per heavy atom. The van der Waals surface area contributed by atoms with Crippen molar-refractivity contribution in [2.75, 3.05) is 12.4 Å². The van der Waals surface area contributed by atoms with Crippen molar-refractivity contribution in [2.24, 2.45) is 0 Å². The molecule has 2 atom stereocenters. The number of halogens is 1. The third-order valence-corrected chi connectivity index (χ3v) is 6.59. The van der Waals surface area contributed by atoms with Crippen LogP contribution in [0.5, 0.6) is 0 Å². The van der Waals surface area contributed by atoms with Crippen LogP contribution in [0.4, 0.5) is 10.1 Å². The summed E-state index contributed by atoms with van der Waals surface area (Å²) in [5.74, 6) is -0.463. The van der Waals surface area contributed by atoms with Crippen molar-refractivity contribution in [3.05, 3.63) is 51.1 Å². The molecule has 0 aliphatic heterocycles. The van der Waals surface area contributed by atoms with Crippen LogP contribution in [-0.2, 0) is 21.0 Å². The van der Waals surface area contributed by atoms with E-state index in [0.29, 0.717) is 0 Å². The molecule has 27 heavy (non-hydrogen) atoms. The molecule has 1 aromatic carbocycles. The average Bonchev–Trinajstić information content (AvgIpc) is 2.53. The van der Waals surface area contributed by atoms with E-state index < -0.39 is 37.4 Å². The number of nitro benzene ring substituents is 1. The topological polar surface area (TPSA) is 73.8 Å². The lowest BCUT2D eigenvalue weighted by atomic mass is 9.81. The van der Waals surface area contributed by atoms with Crippen LogP contribution in [0, 0.1) is 22.5 Å². The number of hydrogen-bond donors (Lipinski definition) is 0. The minimum absolute atomic E-state index is 0.121. The Balaban J connectivity index is 3.29. The standard InChI is InChI=1S/C19H27FN2O4S/c1-17(2,3)27(25)13-19(6,10-11-26-18(4,5)21-7)15-12-14(22(23)24)8-9-16(15)20/h8-9,12H,10-11,13H2,1-6H3/t19-,27+/m1/s1. The van der Waals surface area contributed by atoms with E-state index in [9.17, 15) is 18.7 Å². The van der Waals surface area contributed by atoms with Crippen LogP contribution in [0.15, 0.2) is 18.2 Å². The van der Waals surface area contributed by atoms with Gasteiger partial charge in [0.15, 0.2) is 0 Å². The molecule has 0 fully saturated rings. The van der Waals surface area contributed by atoms with Gasteiger partial charge in [0, 0.05) is 58.3 Å². The number of nitrogens with zero attached hydrogens (tertiary/aromatic N) is 2. The Bertz CT molecular complexity index is 768. The number of nitro groups is 1. The number of non-ortho nitro benzene ring substituents is 1. The van der Waals surface area contributed by atoms with E-state index in [1.54, 1.807) is 20.8 Å². The van der Waals surface area contributed by atoms with Crippen molar-refractivity contribution in [3.8, 4) is 0 Å². The highest BCUT2D eigenvalue weighted by molar-refractivity contribution is 7.86. The first kappa shape index (κ1) is 23.2. The molecule has 0 N–H and O–H groups in total. The molecular weight excluding hydrogens is 371 g/mol. The van der Waals surface area contributed by atoms with Crippen molar-refractivity contribution < 1.29 is 18.3 Å². The molecule has 0 amide bonds. The van der Waals surface area contributed by atoms with Gasteiger partial charge < -0.3 is 4.74 Å². The van der Waals surface area contributed by atoms with Gasteiger partial charge in [-0.05, 0) is 33.3 Å². The van der Waals surface area contributed by atoms with Crippen LogP contribution in [0.1, 0.15) is 53.5 Å². The van der Waals surface area contributed by atoms with Crippen molar-refractivity contribution in [2.45, 2.75) is 63.9 Å². The van der Waals surface area contributed by atoms with Crippen molar-refractivity contribution in [1.82, 2.24) is 0 Å². The van der Waals surface area contributed by atoms with Crippen LogP contribution in [0.25, 0.3) is 4.85 Å². The Hall–Kier alpha value is -1.85. The molecule has 1 rings (SSSR count). The highest BCUT2D eigenvalue weighted by atomic mass is 32.2. The summed E-state index contributed by atoms with van der Waals surface area (Å²) in [6, 6.07) is 3.38. The summed E-state index contributed by atoms with van der Waals surface area (Å²) in [5, 5.41) is 11.1. The molecule has 0 unspecified atom stereocenters. The lowest BCUT2D eigenvalue weighted by molar-refractivity contribution is -0.385. The fourth-order valence-corrected chi connectivity index (χ4v) is 3.75. The predicted octanol–water partition coefficient (Wildman–Crippen LogP) is 4.60. The van der Waals surface area contributed by atoms with Gasteiger partial charge in [-0.1, -0.05) is 6.92 Å². The fraction of sp³-hybridized carbons (Fsp3) is 0.632. The first-order valence-corrected chi connectivity index (χ1v) is 9.89. The second-order valence-corrected chi connectivity index (χ2v) is 10.4. The molecule has 0 bridgehead atoms. The molecular formula is C19H27FN2O4S. The molecule has 0 saturated heterocycles. The van der Waals surface area contributed by atoms with Gasteiger partial charge in [-0.25, -0.2) is 11.0 Å². The molecule has 0 aliphatic rings. The quantitative estimate of drug-likeness (QED) is 0.364. The summed E-state index contributed by atoms with van der Waals surface area (Å²) >= 11 is 0. The normalized spacial score (nSPS) is 15.6. The Morgan fingerprint density at radius 2 is 1.85 bits per heavy atom. The summed E-state index contributed by atoms with van der Waals surface area (Å²) < 4.78 is 32.4. The van der Waals surface area contributed by atoms with Gasteiger partial charge in [0.25, 0.3) is 5.69 Å². The zero-order valence-corrected chi connectivity index (χ0v) is 17.5. The van der Waals surface area contributed by atoms with Gasteiger partial charge in [0.1, 0.15) is 5.82 Å². The number of hydrogen-bond acceptors (Lipinski definition) is 4. The Labute approximate surface area is 162 Å². The third-order valence-electron chi connectivity index (χ3n) is 4.32. The third kappa shape index (κ3) is 6.36. The molecule has 0 saturated carbocycles. The zero-order valence-electron chi connectivity index (χ0n) is 16.7. The highest BCUT2D eigenvalue weighted by Gasteiger charge is 2.37. The van der Waals surface area contributed by atoms with Crippen LogP contribution >= 0.6 is 0 Å². The summed E-state index contributed by atoms with van der Waals surface area (Å²) in [7, 11) is -1.31. The van der Waals surface area contributed by atoms with E-state index in [-0.39, 0.29) is 30.0 Å². The summed E-state index contributed by atoms with van der Waals surface area (Å²) in [6.07, 6.45) is 0.270. The van der Waals surface area contributed by atoms with Gasteiger partial charge in [-0.15, -0.1) is 0 Å². The van der Waals surface area contributed by atoms with E-state index in [1.165, 1.54) is 6.07 Å². The van der Waals surface area contributed by atoms with Crippen molar-refractivity contribution >= 4 is 16.5 Å². The first-order chi connectivity index (χ1) is 12.2. The monoisotopic (exact) mass is 398 g/mol. The van der Waals surface area contributed by atoms with E-state index in [0.717, 1.165) is 12.1 Å². The summed E-state index contributed by atoms with van der Waals surface area (Å²) in [5.41, 5.74) is -2.06. The zero-order chi connectivity index (χ0) is 21.0. The van der Waals surface area contributed by atoms with Crippen LogP contribution < -0.4 is 0 Å². The molecule has 0 aromatic heterocycles. The fourth-order valence-electron chi connectivity index (χ4n) is 2.44. The number of ether oxygens (including phenoxy) is 1.